The second kappa shape index (κ2) is 2.71. The highest BCUT2D eigenvalue weighted by molar-refractivity contribution is 6.18. The van der Waals surface area contributed by atoms with E-state index in [1.54, 1.807) is 0 Å². The van der Waals surface area contributed by atoms with E-state index in [2.05, 4.69) is 4.90 Å². The van der Waals surface area contributed by atoms with Gasteiger partial charge in [0.25, 0.3) is 0 Å². The maximum Gasteiger partial charge on any atom is 0.0351 e. The second-order valence-corrected chi connectivity index (χ2v) is 3.89. The minimum Gasteiger partial charge on any atom is -0.299 e. The van der Waals surface area contributed by atoms with Gasteiger partial charge in [0.2, 0.25) is 0 Å². The summed E-state index contributed by atoms with van der Waals surface area (Å²) >= 11 is 5.68. The maximum atomic E-state index is 5.68. The first-order valence-corrected chi connectivity index (χ1v) is 4.73. The second-order valence-electron chi connectivity index (χ2n) is 3.52. The van der Waals surface area contributed by atoms with Crippen LogP contribution in [0.1, 0.15) is 19.3 Å². The molecule has 2 fully saturated rings. The minimum absolute atomic E-state index is 0.809. The number of hydrogen-bond acceptors (Lipinski definition) is 1. The van der Waals surface area contributed by atoms with Crippen LogP contribution in [-0.4, -0.2) is 29.9 Å². The van der Waals surface area contributed by atoms with Gasteiger partial charge in [0, 0.05) is 25.0 Å². The van der Waals surface area contributed by atoms with Gasteiger partial charge in [-0.2, -0.15) is 0 Å². The molecule has 0 amide bonds. The van der Waals surface area contributed by atoms with Crippen molar-refractivity contribution in [3.63, 3.8) is 0 Å². The maximum absolute atomic E-state index is 5.68. The average molecular weight is 160 g/mol. The Morgan fingerprint density at radius 1 is 1.40 bits per heavy atom. The highest BCUT2D eigenvalue weighted by Crippen LogP contribution is 2.36. The molecule has 2 rings (SSSR count). The molecule has 2 aliphatic rings. The number of hydrogen-bond donors (Lipinski definition) is 0. The van der Waals surface area contributed by atoms with E-state index < -0.39 is 0 Å². The van der Waals surface area contributed by atoms with Crippen molar-refractivity contribution in [3.8, 4) is 0 Å². The Morgan fingerprint density at radius 3 is 2.80 bits per heavy atom. The summed E-state index contributed by atoms with van der Waals surface area (Å²) in [5.74, 6) is 1.83. The molecule has 0 aromatic carbocycles. The Balaban J connectivity index is 1.90. The van der Waals surface area contributed by atoms with Crippen molar-refractivity contribution in [2.24, 2.45) is 5.92 Å². The van der Waals surface area contributed by atoms with Gasteiger partial charge in [0.15, 0.2) is 0 Å². The van der Waals surface area contributed by atoms with Crippen molar-refractivity contribution in [2.45, 2.75) is 25.3 Å². The van der Waals surface area contributed by atoms with Crippen molar-refractivity contribution in [1.82, 2.24) is 4.90 Å². The molecule has 0 unspecified atom stereocenters. The van der Waals surface area contributed by atoms with Crippen LogP contribution in [0.4, 0.5) is 0 Å². The Bertz CT molecular complexity index is 126. The van der Waals surface area contributed by atoms with E-state index in [-0.39, 0.29) is 0 Å². The molecule has 0 aromatic heterocycles. The zero-order valence-corrected chi connectivity index (χ0v) is 6.98. The first-order chi connectivity index (χ1) is 4.90. The van der Waals surface area contributed by atoms with E-state index in [0.717, 1.165) is 24.4 Å². The quantitative estimate of drug-likeness (QED) is 0.555. The molecule has 2 bridgehead atoms. The summed E-state index contributed by atoms with van der Waals surface area (Å²) in [6.07, 6.45) is 4.36. The molecule has 0 N–H and O–H groups in total. The van der Waals surface area contributed by atoms with Gasteiger partial charge in [-0.1, -0.05) is 0 Å². The van der Waals surface area contributed by atoms with Crippen LogP contribution in [0.3, 0.4) is 0 Å². The monoisotopic (exact) mass is 159 g/mol. The molecule has 1 aliphatic carbocycles. The molecule has 0 aromatic rings. The number of alkyl halides is 1. The average Bonchev–Trinajstić information content (AvgIpc) is 2.48. The topological polar surface area (TPSA) is 3.24 Å². The third-order valence-corrected chi connectivity index (χ3v) is 3.06. The lowest BCUT2D eigenvalue weighted by Crippen LogP contribution is -2.33. The predicted molar refractivity (Wildman–Crippen MR) is 43.4 cm³/mol. The van der Waals surface area contributed by atoms with Crippen LogP contribution >= 0.6 is 11.6 Å². The van der Waals surface area contributed by atoms with Crippen molar-refractivity contribution >= 4 is 11.6 Å². The minimum atomic E-state index is 0.809. The van der Waals surface area contributed by atoms with E-state index >= 15 is 0 Å². The molecule has 58 valence electrons. The summed E-state index contributed by atoms with van der Waals surface area (Å²) in [5.41, 5.74) is 0. The molecule has 1 saturated heterocycles. The van der Waals surface area contributed by atoms with Gasteiger partial charge in [-0.3, -0.25) is 4.90 Å². The van der Waals surface area contributed by atoms with E-state index in [9.17, 15) is 0 Å². The number of piperidine rings is 1. The van der Waals surface area contributed by atoms with E-state index in [1.165, 1.54) is 25.8 Å². The Labute approximate surface area is 67.3 Å². The third-order valence-electron chi connectivity index (χ3n) is 2.89. The lowest BCUT2D eigenvalue weighted by molar-refractivity contribution is 0.226. The van der Waals surface area contributed by atoms with Crippen LogP contribution in [0.2, 0.25) is 0 Å². The fourth-order valence-electron chi connectivity index (χ4n) is 2.41. The predicted octanol–water partition coefficient (Wildman–Crippen LogP) is 1.71. The SMILES string of the molecule is ClCCN1C[C@@H]2CC[C@@H]1C2. The molecular weight excluding hydrogens is 146 g/mol. The van der Waals surface area contributed by atoms with E-state index in [4.69, 9.17) is 11.6 Å². The van der Waals surface area contributed by atoms with Gasteiger partial charge < -0.3 is 0 Å². The van der Waals surface area contributed by atoms with Gasteiger partial charge in [-0.25, -0.2) is 0 Å². The normalized spacial score (nSPS) is 39.3. The van der Waals surface area contributed by atoms with Crippen LogP contribution in [0.25, 0.3) is 0 Å². The number of fused-ring (bicyclic) bond motifs is 2. The number of halogens is 1. The molecule has 1 heterocycles. The Morgan fingerprint density at radius 2 is 2.30 bits per heavy atom. The Hall–Kier alpha value is 0.250. The molecule has 1 aliphatic heterocycles. The number of likely N-dealkylation sites (tertiary alicyclic amines) is 1. The molecule has 1 saturated carbocycles. The first kappa shape index (κ1) is 6.93. The van der Waals surface area contributed by atoms with Crippen LogP contribution in [-0.2, 0) is 0 Å². The Kier molecular flexibility index (Phi) is 1.88. The standard InChI is InChI=1S/C8H14ClN/c9-3-4-10-6-7-1-2-8(10)5-7/h7-8H,1-6H2/t7-,8-/m1/s1. The van der Waals surface area contributed by atoms with Crippen molar-refractivity contribution in [2.75, 3.05) is 19.0 Å². The summed E-state index contributed by atoms with van der Waals surface area (Å²) in [5, 5.41) is 0. The van der Waals surface area contributed by atoms with Crippen molar-refractivity contribution < 1.29 is 0 Å². The molecule has 1 nitrogen and oxygen atoms in total. The van der Waals surface area contributed by atoms with Crippen LogP contribution < -0.4 is 0 Å². The summed E-state index contributed by atoms with van der Waals surface area (Å²) in [4.78, 5) is 2.56. The van der Waals surface area contributed by atoms with Crippen molar-refractivity contribution in [3.05, 3.63) is 0 Å². The highest BCUT2D eigenvalue weighted by Gasteiger charge is 2.36. The molecule has 2 atom stereocenters. The number of rotatable bonds is 2. The lowest BCUT2D eigenvalue weighted by atomic mass is 10.1. The zero-order valence-electron chi connectivity index (χ0n) is 6.22. The molecular formula is C8H14ClN. The van der Waals surface area contributed by atoms with Gasteiger partial charge >= 0.3 is 0 Å². The molecule has 10 heavy (non-hydrogen) atoms. The van der Waals surface area contributed by atoms with Gasteiger partial charge in [0.1, 0.15) is 0 Å². The highest BCUT2D eigenvalue weighted by atomic mass is 35.5. The van der Waals surface area contributed by atoms with Crippen LogP contribution in [0.5, 0.6) is 0 Å². The summed E-state index contributed by atoms with van der Waals surface area (Å²) in [6, 6.07) is 0.906. The molecule has 2 heteroatoms. The smallest absolute Gasteiger partial charge is 0.0351 e. The fourth-order valence-corrected chi connectivity index (χ4v) is 2.63. The summed E-state index contributed by atoms with van der Waals surface area (Å²) < 4.78 is 0. The lowest BCUT2D eigenvalue weighted by Gasteiger charge is -2.25. The summed E-state index contributed by atoms with van der Waals surface area (Å²) in [6.45, 7) is 2.44. The van der Waals surface area contributed by atoms with Gasteiger partial charge in [0.05, 0.1) is 0 Å². The van der Waals surface area contributed by atoms with E-state index in [1.807, 2.05) is 0 Å². The fraction of sp³-hybridized carbons (Fsp3) is 1.00. The molecule has 0 radical (unpaired) electrons. The summed E-state index contributed by atoms with van der Waals surface area (Å²) in [7, 11) is 0. The van der Waals surface area contributed by atoms with E-state index in [0.29, 0.717) is 0 Å². The number of nitrogens with zero attached hydrogens (tertiary/aromatic N) is 1. The van der Waals surface area contributed by atoms with Gasteiger partial charge in [-0.15, -0.1) is 11.6 Å². The zero-order chi connectivity index (χ0) is 6.97. The first-order valence-electron chi connectivity index (χ1n) is 4.20. The third kappa shape index (κ3) is 1.06. The van der Waals surface area contributed by atoms with Crippen LogP contribution in [0.15, 0.2) is 0 Å². The van der Waals surface area contributed by atoms with Crippen LogP contribution in [0, 0.1) is 5.92 Å². The van der Waals surface area contributed by atoms with Crippen molar-refractivity contribution in [1.29, 1.82) is 0 Å². The largest absolute Gasteiger partial charge is 0.299 e. The van der Waals surface area contributed by atoms with Gasteiger partial charge in [-0.05, 0) is 25.2 Å². The molecule has 0 spiro atoms.